The number of rotatable bonds is 10. The van der Waals surface area contributed by atoms with Crippen LogP contribution in [0.25, 0.3) is 6.08 Å². The van der Waals surface area contributed by atoms with E-state index in [0.717, 1.165) is 0 Å². The van der Waals surface area contributed by atoms with Crippen molar-refractivity contribution in [2.75, 3.05) is 26.9 Å². The van der Waals surface area contributed by atoms with Crippen LogP contribution in [0.3, 0.4) is 0 Å². The highest BCUT2D eigenvalue weighted by Gasteiger charge is 2.09. The summed E-state index contributed by atoms with van der Waals surface area (Å²) in [5, 5.41) is 10.8. The van der Waals surface area contributed by atoms with E-state index in [1.165, 1.54) is 30.3 Å². The summed E-state index contributed by atoms with van der Waals surface area (Å²) >= 11 is 0. The molecule has 0 bridgehead atoms. The third-order valence-electron chi connectivity index (χ3n) is 3.50. The highest BCUT2D eigenvalue weighted by atomic mass is 16.6. The number of hydrogen-bond acceptors (Lipinski definition) is 7. The van der Waals surface area contributed by atoms with Crippen LogP contribution in [0.5, 0.6) is 17.2 Å². The minimum atomic E-state index is -0.485. The molecule has 0 fully saturated rings. The van der Waals surface area contributed by atoms with Crippen LogP contribution >= 0.6 is 0 Å². The van der Waals surface area contributed by atoms with E-state index in [4.69, 9.17) is 18.9 Å². The maximum absolute atomic E-state index is 11.6. The topological polar surface area (TPSA) is 97.1 Å². The van der Waals surface area contributed by atoms with Gasteiger partial charge < -0.3 is 18.9 Å². The third kappa shape index (κ3) is 6.40. The van der Waals surface area contributed by atoms with Crippen molar-refractivity contribution in [2.24, 2.45) is 0 Å². The lowest BCUT2D eigenvalue weighted by atomic mass is 10.1. The maximum atomic E-state index is 11.6. The molecule has 0 saturated heterocycles. The van der Waals surface area contributed by atoms with Crippen molar-refractivity contribution < 1.29 is 28.7 Å². The quantitative estimate of drug-likeness (QED) is 0.200. The SMILES string of the molecule is CCOC(=O)/C=C/c1ccc(OCCOC)cc1Oc1ccc([N+](=O)[O-])cc1. The van der Waals surface area contributed by atoms with Gasteiger partial charge in [-0.3, -0.25) is 10.1 Å². The Hall–Kier alpha value is -3.39. The molecule has 0 unspecified atom stereocenters. The van der Waals surface area contributed by atoms with Gasteiger partial charge in [-0.05, 0) is 37.3 Å². The van der Waals surface area contributed by atoms with E-state index < -0.39 is 10.9 Å². The normalized spacial score (nSPS) is 10.6. The van der Waals surface area contributed by atoms with Gasteiger partial charge in [0.1, 0.15) is 23.9 Å². The summed E-state index contributed by atoms with van der Waals surface area (Å²) in [6.45, 7) is 2.80. The van der Waals surface area contributed by atoms with E-state index in [9.17, 15) is 14.9 Å². The predicted octanol–water partition coefficient (Wildman–Crippen LogP) is 3.99. The van der Waals surface area contributed by atoms with Crippen LogP contribution in [0.15, 0.2) is 48.5 Å². The van der Waals surface area contributed by atoms with Gasteiger partial charge in [-0.25, -0.2) is 4.79 Å². The molecule has 8 heteroatoms. The molecule has 0 radical (unpaired) electrons. The zero-order valence-electron chi connectivity index (χ0n) is 15.6. The summed E-state index contributed by atoms with van der Waals surface area (Å²) in [5.41, 5.74) is 0.580. The Morgan fingerprint density at radius 1 is 1.11 bits per heavy atom. The first-order chi connectivity index (χ1) is 13.5. The maximum Gasteiger partial charge on any atom is 0.330 e. The zero-order valence-corrected chi connectivity index (χ0v) is 15.6. The predicted molar refractivity (Wildman–Crippen MR) is 103 cm³/mol. The molecule has 2 aromatic rings. The van der Waals surface area contributed by atoms with Gasteiger partial charge in [0.2, 0.25) is 0 Å². The molecule has 0 atom stereocenters. The van der Waals surface area contributed by atoms with Crippen LogP contribution in [0.1, 0.15) is 12.5 Å². The number of ether oxygens (including phenoxy) is 4. The summed E-state index contributed by atoms with van der Waals surface area (Å²) in [4.78, 5) is 21.9. The number of carbonyl (C=O) groups is 1. The Bertz CT molecular complexity index is 831. The molecule has 0 aliphatic heterocycles. The van der Waals surface area contributed by atoms with Gasteiger partial charge in [-0.1, -0.05) is 0 Å². The molecule has 148 valence electrons. The van der Waals surface area contributed by atoms with Crippen molar-refractivity contribution >= 4 is 17.7 Å². The smallest absolute Gasteiger partial charge is 0.330 e. The van der Waals surface area contributed by atoms with Crippen LogP contribution in [0.4, 0.5) is 5.69 Å². The minimum absolute atomic E-state index is 0.0357. The molecular formula is C20H21NO7. The van der Waals surface area contributed by atoms with Crippen LogP contribution in [-0.2, 0) is 14.3 Å². The average Bonchev–Trinajstić information content (AvgIpc) is 2.68. The molecular weight excluding hydrogens is 366 g/mol. The van der Waals surface area contributed by atoms with Gasteiger partial charge >= 0.3 is 5.97 Å². The Labute approximate surface area is 162 Å². The summed E-state index contributed by atoms with van der Waals surface area (Å²) in [6.07, 6.45) is 2.87. The molecule has 0 heterocycles. The van der Waals surface area contributed by atoms with Crippen molar-refractivity contribution in [1.82, 2.24) is 0 Å². The largest absolute Gasteiger partial charge is 0.491 e. The number of esters is 1. The Kier molecular flexibility index (Phi) is 7.98. The van der Waals surface area contributed by atoms with E-state index >= 15 is 0 Å². The average molecular weight is 387 g/mol. The minimum Gasteiger partial charge on any atom is -0.491 e. The molecule has 8 nitrogen and oxygen atoms in total. The van der Waals surface area contributed by atoms with E-state index in [1.807, 2.05) is 0 Å². The Morgan fingerprint density at radius 3 is 2.46 bits per heavy atom. The number of nitro benzene ring substituents is 1. The summed E-state index contributed by atoms with van der Waals surface area (Å²) in [6, 6.07) is 10.8. The number of hydrogen-bond donors (Lipinski definition) is 0. The second kappa shape index (κ2) is 10.7. The van der Waals surface area contributed by atoms with E-state index in [-0.39, 0.29) is 12.3 Å². The lowest BCUT2D eigenvalue weighted by Gasteiger charge is -2.12. The molecule has 0 aliphatic carbocycles. The van der Waals surface area contributed by atoms with Crippen molar-refractivity contribution in [3.8, 4) is 17.2 Å². The number of benzene rings is 2. The van der Waals surface area contributed by atoms with Crippen LogP contribution in [-0.4, -0.2) is 37.8 Å². The Morgan fingerprint density at radius 2 is 1.82 bits per heavy atom. The summed E-state index contributed by atoms with van der Waals surface area (Å²) in [5.74, 6) is 0.918. The van der Waals surface area contributed by atoms with Crippen LogP contribution in [0, 0.1) is 10.1 Å². The lowest BCUT2D eigenvalue weighted by Crippen LogP contribution is -2.04. The third-order valence-corrected chi connectivity index (χ3v) is 3.50. The second-order valence-corrected chi connectivity index (χ2v) is 5.48. The zero-order chi connectivity index (χ0) is 20.4. The Balaban J connectivity index is 2.26. The van der Waals surface area contributed by atoms with Gasteiger partial charge in [-0.15, -0.1) is 0 Å². The molecule has 2 aromatic carbocycles. The number of non-ortho nitro benzene ring substituents is 1. The summed E-state index contributed by atoms with van der Waals surface area (Å²) < 4.78 is 21.3. The molecule has 0 aliphatic rings. The number of carbonyl (C=O) groups excluding carboxylic acids is 1. The van der Waals surface area contributed by atoms with Crippen molar-refractivity contribution in [2.45, 2.75) is 6.92 Å². The van der Waals surface area contributed by atoms with Gasteiger partial charge in [-0.2, -0.15) is 0 Å². The van der Waals surface area contributed by atoms with E-state index in [2.05, 4.69) is 0 Å². The molecule has 2 rings (SSSR count). The van der Waals surface area contributed by atoms with Crippen molar-refractivity contribution in [3.05, 3.63) is 64.2 Å². The highest BCUT2D eigenvalue weighted by Crippen LogP contribution is 2.31. The van der Waals surface area contributed by atoms with Crippen LogP contribution in [0.2, 0.25) is 0 Å². The van der Waals surface area contributed by atoms with Gasteiger partial charge in [0.15, 0.2) is 0 Å². The molecule has 0 spiro atoms. The van der Waals surface area contributed by atoms with Gasteiger partial charge in [0.25, 0.3) is 5.69 Å². The fourth-order valence-corrected chi connectivity index (χ4v) is 2.18. The fraction of sp³-hybridized carbons (Fsp3) is 0.250. The first-order valence-electron chi connectivity index (χ1n) is 8.56. The highest BCUT2D eigenvalue weighted by molar-refractivity contribution is 5.87. The molecule has 0 N–H and O–H groups in total. The van der Waals surface area contributed by atoms with E-state index in [0.29, 0.717) is 36.0 Å². The van der Waals surface area contributed by atoms with E-state index in [1.54, 1.807) is 38.3 Å². The van der Waals surface area contributed by atoms with Crippen molar-refractivity contribution in [1.29, 1.82) is 0 Å². The molecule has 28 heavy (non-hydrogen) atoms. The number of nitro groups is 1. The molecule has 0 saturated carbocycles. The monoisotopic (exact) mass is 387 g/mol. The molecule has 0 amide bonds. The van der Waals surface area contributed by atoms with Gasteiger partial charge in [0, 0.05) is 36.9 Å². The molecule has 0 aromatic heterocycles. The second-order valence-electron chi connectivity index (χ2n) is 5.48. The number of methoxy groups -OCH3 is 1. The standard InChI is InChI=1S/C20H21NO7/c1-3-26-20(22)11-5-15-4-8-18(27-13-12-25-2)14-19(15)28-17-9-6-16(7-10-17)21(23)24/h4-11,14H,3,12-13H2,1-2H3/b11-5+. The lowest BCUT2D eigenvalue weighted by molar-refractivity contribution is -0.384. The van der Waals surface area contributed by atoms with Gasteiger partial charge in [0.05, 0.1) is 18.1 Å². The first kappa shape index (κ1) is 20.9. The first-order valence-corrected chi connectivity index (χ1v) is 8.56. The van der Waals surface area contributed by atoms with Crippen molar-refractivity contribution in [3.63, 3.8) is 0 Å². The fourth-order valence-electron chi connectivity index (χ4n) is 2.18. The summed E-state index contributed by atoms with van der Waals surface area (Å²) in [7, 11) is 1.58. The van der Waals surface area contributed by atoms with Crippen LogP contribution < -0.4 is 9.47 Å². The number of nitrogens with zero attached hydrogens (tertiary/aromatic N) is 1.